The number of esters is 1. The smallest absolute Gasteiger partial charge is 0.341 e. The van der Waals surface area contributed by atoms with Crippen molar-refractivity contribution in [2.45, 2.75) is 33.1 Å². The maximum Gasteiger partial charge on any atom is 0.341 e. The number of nitrogens with zero attached hydrogens (tertiary/aromatic N) is 1. The summed E-state index contributed by atoms with van der Waals surface area (Å²) in [5.74, 6) is -0.0157. The molecule has 3 rings (SSSR count). The lowest BCUT2D eigenvalue weighted by molar-refractivity contribution is -0.118. The Morgan fingerprint density at radius 1 is 1.17 bits per heavy atom. The molecule has 0 saturated heterocycles. The molecule has 1 N–H and O–H groups in total. The minimum atomic E-state index is -0.408. The van der Waals surface area contributed by atoms with Gasteiger partial charge in [0.15, 0.2) is 18.1 Å². The number of hydrogen-bond donors (Lipinski definition) is 1. The summed E-state index contributed by atoms with van der Waals surface area (Å²) in [6.07, 6.45) is 2.72. The average Bonchev–Trinajstić information content (AvgIpc) is 3.28. The molecule has 1 heterocycles. The molecule has 0 fully saturated rings. The van der Waals surface area contributed by atoms with Crippen molar-refractivity contribution >= 4 is 28.2 Å². The third-order valence-corrected chi connectivity index (χ3v) is 5.59. The Labute approximate surface area is 173 Å². The lowest BCUT2D eigenvalue weighted by atomic mass is 10.1. The van der Waals surface area contributed by atoms with E-state index in [1.165, 1.54) is 11.3 Å². The third-order valence-electron chi connectivity index (χ3n) is 4.39. The molecule has 1 aliphatic carbocycles. The van der Waals surface area contributed by atoms with Crippen molar-refractivity contribution in [1.82, 2.24) is 0 Å². The van der Waals surface area contributed by atoms with Crippen LogP contribution in [-0.2, 0) is 22.4 Å². The second-order valence-electron chi connectivity index (χ2n) is 6.33. The Morgan fingerprint density at radius 2 is 2.00 bits per heavy atom. The minimum absolute atomic E-state index is 0.253. The first-order valence-electron chi connectivity index (χ1n) is 9.48. The molecular weight excluding hydrogens is 392 g/mol. The van der Waals surface area contributed by atoms with Crippen LogP contribution in [0.2, 0.25) is 0 Å². The molecule has 0 spiro atoms. The van der Waals surface area contributed by atoms with E-state index in [9.17, 15) is 9.59 Å². The van der Waals surface area contributed by atoms with Gasteiger partial charge in [0.25, 0.3) is 5.91 Å². The SMILES string of the molecule is CCOC(=O)c1c(NC(=O)COc2ccc(C#N)cc2OCC)sc2c1CCC2. The van der Waals surface area contributed by atoms with Crippen LogP contribution in [0, 0.1) is 11.3 Å². The molecule has 0 radical (unpaired) electrons. The molecule has 1 amide bonds. The number of nitriles is 1. The number of rotatable bonds is 8. The fraction of sp³-hybridized carbons (Fsp3) is 0.381. The lowest BCUT2D eigenvalue weighted by Gasteiger charge is -2.12. The molecule has 29 heavy (non-hydrogen) atoms. The highest BCUT2D eigenvalue weighted by Gasteiger charge is 2.28. The number of fused-ring (bicyclic) bond motifs is 1. The van der Waals surface area contributed by atoms with Crippen molar-refractivity contribution in [1.29, 1.82) is 5.26 Å². The summed E-state index contributed by atoms with van der Waals surface area (Å²) in [6, 6.07) is 6.80. The quantitative estimate of drug-likeness (QED) is 0.662. The van der Waals surface area contributed by atoms with Crippen molar-refractivity contribution < 1.29 is 23.8 Å². The first kappa shape index (κ1) is 20.7. The highest BCUT2D eigenvalue weighted by Crippen LogP contribution is 2.39. The molecular formula is C21H22N2O5S. The summed E-state index contributed by atoms with van der Waals surface area (Å²) in [7, 11) is 0. The average molecular weight is 414 g/mol. The molecule has 0 saturated carbocycles. The van der Waals surface area contributed by atoms with Gasteiger partial charge in [-0.2, -0.15) is 5.26 Å². The number of ether oxygens (including phenoxy) is 3. The molecule has 1 aromatic heterocycles. The molecule has 0 bridgehead atoms. The van der Waals surface area contributed by atoms with Crippen LogP contribution in [0.3, 0.4) is 0 Å². The second-order valence-corrected chi connectivity index (χ2v) is 7.43. The molecule has 0 aliphatic heterocycles. The normalized spacial score (nSPS) is 12.0. The summed E-state index contributed by atoms with van der Waals surface area (Å²) in [5.41, 5.74) is 1.89. The van der Waals surface area contributed by atoms with E-state index >= 15 is 0 Å². The summed E-state index contributed by atoms with van der Waals surface area (Å²) in [6.45, 7) is 4.00. The van der Waals surface area contributed by atoms with E-state index in [2.05, 4.69) is 5.32 Å². The van der Waals surface area contributed by atoms with Crippen LogP contribution < -0.4 is 14.8 Å². The molecule has 152 valence electrons. The Kier molecular flexibility index (Phi) is 6.73. The Bertz CT molecular complexity index is 961. The van der Waals surface area contributed by atoms with E-state index in [0.717, 1.165) is 29.7 Å². The summed E-state index contributed by atoms with van der Waals surface area (Å²) in [5, 5.41) is 12.3. The number of hydrogen-bond acceptors (Lipinski definition) is 7. The molecule has 1 aromatic carbocycles. The lowest BCUT2D eigenvalue weighted by Crippen LogP contribution is -2.21. The Hall–Kier alpha value is -3.05. The van der Waals surface area contributed by atoms with Gasteiger partial charge in [-0.3, -0.25) is 4.79 Å². The van der Waals surface area contributed by atoms with Crippen molar-refractivity contribution in [2.75, 3.05) is 25.1 Å². The molecule has 0 unspecified atom stereocenters. The van der Waals surface area contributed by atoms with Gasteiger partial charge in [-0.1, -0.05) is 0 Å². The summed E-state index contributed by atoms with van der Waals surface area (Å²) in [4.78, 5) is 26.0. The van der Waals surface area contributed by atoms with Gasteiger partial charge in [0.05, 0.1) is 30.4 Å². The number of nitrogens with one attached hydrogen (secondary N) is 1. The number of anilines is 1. The first-order valence-corrected chi connectivity index (χ1v) is 10.3. The number of aryl methyl sites for hydroxylation is 1. The van der Waals surface area contributed by atoms with Crippen LogP contribution in [-0.4, -0.2) is 31.7 Å². The fourth-order valence-electron chi connectivity index (χ4n) is 3.18. The predicted octanol–water partition coefficient (Wildman–Crippen LogP) is 3.70. The van der Waals surface area contributed by atoms with Crippen molar-refractivity contribution in [3.8, 4) is 17.6 Å². The Morgan fingerprint density at radius 3 is 2.72 bits per heavy atom. The Balaban J connectivity index is 1.71. The zero-order valence-corrected chi connectivity index (χ0v) is 17.2. The van der Waals surface area contributed by atoms with Gasteiger partial charge in [0.2, 0.25) is 0 Å². The van der Waals surface area contributed by atoms with Crippen LogP contribution in [0.4, 0.5) is 5.00 Å². The number of thiophene rings is 1. The van der Waals surface area contributed by atoms with E-state index in [4.69, 9.17) is 19.5 Å². The van der Waals surface area contributed by atoms with Crippen LogP contribution in [0.25, 0.3) is 0 Å². The second kappa shape index (κ2) is 9.43. The van der Waals surface area contributed by atoms with E-state index in [1.807, 2.05) is 13.0 Å². The van der Waals surface area contributed by atoms with E-state index < -0.39 is 5.97 Å². The van der Waals surface area contributed by atoms with Crippen LogP contribution >= 0.6 is 11.3 Å². The maximum absolute atomic E-state index is 12.5. The van der Waals surface area contributed by atoms with Gasteiger partial charge in [-0.15, -0.1) is 11.3 Å². The van der Waals surface area contributed by atoms with Crippen molar-refractivity contribution in [2.24, 2.45) is 0 Å². The number of benzene rings is 1. The van der Waals surface area contributed by atoms with Gasteiger partial charge >= 0.3 is 5.97 Å². The monoisotopic (exact) mass is 414 g/mol. The standard InChI is InChI=1S/C21H22N2O5S/c1-3-26-16-10-13(11-22)8-9-15(16)28-12-18(24)23-20-19(21(25)27-4-2)14-6-5-7-17(14)29-20/h8-10H,3-7,12H2,1-2H3,(H,23,24). The van der Waals surface area contributed by atoms with Gasteiger partial charge in [0.1, 0.15) is 5.00 Å². The van der Waals surface area contributed by atoms with Crippen LogP contribution in [0.15, 0.2) is 18.2 Å². The van der Waals surface area contributed by atoms with Gasteiger partial charge < -0.3 is 19.5 Å². The van der Waals surface area contributed by atoms with Gasteiger partial charge in [0, 0.05) is 10.9 Å². The highest BCUT2D eigenvalue weighted by atomic mass is 32.1. The first-order chi connectivity index (χ1) is 14.1. The predicted molar refractivity (Wildman–Crippen MR) is 109 cm³/mol. The van der Waals surface area contributed by atoms with Crippen molar-refractivity contribution in [3.63, 3.8) is 0 Å². The topological polar surface area (TPSA) is 97.6 Å². The fourth-order valence-corrected chi connectivity index (χ4v) is 4.48. The minimum Gasteiger partial charge on any atom is -0.490 e. The summed E-state index contributed by atoms with van der Waals surface area (Å²) >= 11 is 1.42. The van der Waals surface area contributed by atoms with Crippen LogP contribution in [0.5, 0.6) is 11.5 Å². The van der Waals surface area contributed by atoms with E-state index in [-0.39, 0.29) is 19.1 Å². The molecule has 2 aromatic rings. The van der Waals surface area contributed by atoms with Crippen LogP contribution in [0.1, 0.15) is 46.6 Å². The number of carbonyl (C=O) groups is 2. The van der Waals surface area contributed by atoms with Gasteiger partial charge in [-0.25, -0.2) is 4.79 Å². The number of amides is 1. The number of carbonyl (C=O) groups excluding carboxylic acids is 2. The maximum atomic E-state index is 12.5. The van der Waals surface area contributed by atoms with E-state index in [0.29, 0.717) is 34.2 Å². The molecule has 7 nitrogen and oxygen atoms in total. The summed E-state index contributed by atoms with van der Waals surface area (Å²) < 4.78 is 16.2. The van der Waals surface area contributed by atoms with Crippen molar-refractivity contribution in [3.05, 3.63) is 39.8 Å². The highest BCUT2D eigenvalue weighted by molar-refractivity contribution is 7.17. The zero-order chi connectivity index (χ0) is 20.8. The molecule has 1 aliphatic rings. The zero-order valence-electron chi connectivity index (χ0n) is 16.4. The van der Waals surface area contributed by atoms with E-state index in [1.54, 1.807) is 25.1 Å². The third kappa shape index (κ3) is 4.69. The van der Waals surface area contributed by atoms with Gasteiger partial charge in [-0.05, 0) is 50.8 Å². The largest absolute Gasteiger partial charge is 0.490 e. The molecule has 0 atom stereocenters. The molecule has 8 heteroatoms.